The molecule has 3 aromatic heterocycles. The van der Waals surface area contributed by atoms with E-state index in [0.29, 0.717) is 49.4 Å². The van der Waals surface area contributed by atoms with Gasteiger partial charge in [0.2, 0.25) is 11.7 Å². The first kappa shape index (κ1) is 26.1. The molecule has 1 saturated heterocycles. The molecule has 12 nitrogen and oxygen atoms in total. The molecule has 1 saturated carbocycles. The van der Waals surface area contributed by atoms with Crippen molar-refractivity contribution in [2.24, 2.45) is 0 Å². The number of morpholine rings is 1. The highest BCUT2D eigenvalue weighted by Gasteiger charge is 2.36. The Kier molecular flexibility index (Phi) is 8.18. The monoisotopic (exact) mass is 525 g/mol. The average Bonchev–Trinajstić information content (AvgIpc) is 3.72. The lowest BCUT2D eigenvalue weighted by Gasteiger charge is -2.33. The second-order valence-electron chi connectivity index (χ2n) is 9.94. The largest absolute Gasteiger partial charge is 0.464 e. The molecule has 1 aliphatic heterocycles. The fourth-order valence-electron chi connectivity index (χ4n) is 5.02. The van der Waals surface area contributed by atoms with Crippen molar-refractivity contribution in [2.45, 2.75) is 58.2 Å². The van der Waals surface area contributed by atoms with Gasteiger partial charge in [-0.15, -0.1) is 10.2 Å². The minimum absolute atomic E-state index is 0.105. The van der Waals surface area contributed by atoms with Crippen molar-refractivity contribution in [3.05, 3.63) is 41.5 Å². The first-order valence-corrected chi connectivity index (χ1v) is 13.3. The van der Waals surface area contributed by atoms with Crippen LogP contribution in [0.15, 0.2) is 33.1 Å². The number of nitrogens with one attached hydrogen (secondary N) is 1. The molecule has 0 aromatic carbocycles. The lowest BCUT2D eigenvalue weighted by molar-refractivity contribution is -0.143. The van der Waals surface area contributed by atoms with Gasteiger partial charge in [0.25, 0.3) is 5.91 Å². The first-order valence-electron chi connectivity index (χ1n) is 13.3. The number of ether oxygens (including phenoxy) is 1. The van der Waals surface area contributed by atoms with Crippen LogP contribution in [0.2, 0.25) is 0 Å². The zero-order chi connectivity index (χ0) is 26.5. The molecule has 2 fully saturated rings. The number of tetrazole rings is 1. The lowest BCUT2D eigenvalue weighted by Crippen LogP contribution is -2.50. The Labute approximate surface area is 221 Å². The van der Waals surface area contributed by atoms with E-state index in [0.717, 1.165) is 44.5 Å². The summed E-state index contributed by atoms with van der Waals surface area (Å²) in [5.41, 5.74) is 0. The molecule has 12 heteroatoms. The summed E-state index contributed by atoms with van der Waals surface area (Å²) in [5, 5.41) is 15.6. The van der Waals surface area contributed by atoms with Crippen molar-refractivity contribution in [1.82, 2.24) is 35.3 Å². The highest BCUT2D eigenvalue weighted by Crippen LogP contribution is 2.26. The molecule has 1 N–H and O–H groups in total. The van der Waals surface area contributed by atoms with E-state index in [1.54, 1.807) is 17.0 Å². The molecule has 5 rings (SSSR count). The Morgan fingerprint density at radius 1 is 1.08 bits per heavy atom. The molecule has 2 aliphatic rings. The van der Waals surface area contributed by atoms with Gasteiger partial charge in [-0.2, -0.15) is 4.80 Å². The van der Waals surface area contributed by atoms with Gasteiger partial charge in [-0.05, 0) is 56.2 Å². The van der Waals surface area contributed by atoms with Crippen LogP contribution in [0.4, 0.5) is 0 Å². The number of aryl methyl sites for hydroxylation is 2. The van der Waals surface area contributed by atoms with E-state index in [1.165, 1.54) is 4.80 Å². The average molecular weight is 526 g/mol. The summed E-state index contributed by atoms with van der Waals surface area (Å²) in [6.45, 7) is 7.26. The van der Waals surface area contributed by atoms with Crippen LogP contribution in [0, 0.1) is 13.8 Å². The van der Waals surface area contributed by atoms with Crippen LogP contribution >= 0.6 is 0 Å². The third-order valence-electron chi connectivity index (χ3n) is 7.06. The molecule has 38 heavy (non-hydrogen) atoms. The summed E-state index contributed by atoms with van der Waals surface area (Å²) < 4.78 is 17.0. The first-order chi connectivity index (χ1) is 18.5. The zero-order valence-corrected chi connectivity index (χ0v) is 22.0. The van der Waals surface area contributed by atoms with Crippen LogP contribution in [0.25, 0.3) is 11.6 Å². The normalized spacial score (nSPS) is 17.5. The Bertz CT molecular complexity index is 1220. The van der Waals surface area contributed by atoms with Crippen LogP contribution in [-0.4, -0.2) is 87.3 Å². The smallest absolute Gasteiger partial charge is 0.250 e. The van der Waals surface area contributed by atoms with Gasteiger partial charge < -0.3 is 23.8 Å². The molecular formula is C26H35N7O5. The van der Waals surface area contributed by atoms with E-state index in [4.69, 9.17) is 13.6 Å². The second kappa shape index (κ2) is 11.9. The van der Waals surface area contributed by atoms with E-state index in [9.17, 15) is 9.59 Å². The number of hydrogen-bond donors (Lipinski definition) is 1. The molecule has 2 amide bonds. The fourth-order valence-corrected chi connectivity index (χ4v) is 5.02. The SMILES string of the molecule is Cc1ccc(-c2nnn(CC(=O)N(CCN3CCOCC3)C(C(=O)NC3CCCC3)c3ccc(C)o3)n2)o1. The molecule has 0 radical (unpaired) electrons. The number of hydrogen-bond acceptors (Lipinski definition) is 9. The standard InChI is InChI=1S/C26H35N7O5/c1-18-7-9-21(37-18)24(26(35)27-20-5-3-4-6-20)32(12-11-31-13-15-36-16-14-31)23(34)17-33-29-25(28-30-33)22-10-8-19(2)38-22/h7-10,20,24H,3-6,11-17H2,1-2H3,(H,27,35). The maximum Gasteiger partial charge on any atom is 0.250 e. The fraction of sp³-hybridized carbons (Fsp3) is 0.577. The summed E-state index contributed by atoms with van der Waals surface area (Å²) in [6, 6.07) is 6.35. The topological polar surface area (TPSA) is 132 Å². The lowest BCUT2D eigenvalue weighted by atomic mass is 10.1. The van der Waals surface area contributed by atoms with Gasteiger partial charge in [0.05, 0.1) is 13.2 Å². The van der Waals surface area contributed by atoms with Gasteiger partial charge in [0.1, 0.15) is 23.8 Å². The van der Waals surface area contributed by atoms with Crippen molar-refractivity contribution in [2.75, 3.05) is 39.4 Å². The summed E-state index contributed by atoms with van der Waals surface area (Å²) in [7, 11) is 0. The molecule has 1 unspecified atom stereocenters. The van der Waals surface area contributed by atoms with Crippen molar-refractivity contribution < 1.29 is 23.2 Å². The van der Waals surface area contributed by atoms with Crippen molar-refractivity contribution >= 4 is 11.8 Å². The minimum Gasteiger partial charge on any atom is -0.464 e. The second-order valence-corrected chi connectivity index (χ2v) is 9.94. The molecular weight excluding hydrogens is 490 g/mol. The molecule has 0 bridgehead atoms. The molecule has 1 atom stereocenters. The molecule has 204 valence electrons. The molecule has 4 heterocycles. The van der Waals surface area contributed by atoms with E-state index in [-0.39, 0.29) is 24.4 Å². The van der Waals surface area contributed by atoms with Crippen LogP contribution < -0.4 is 5.32 Å². The molecule has 3 aromatic rings. The molecule has 1 aliphatic carbocycles. The van der Waals surface area contributed by atoms with E-state index < -0.39 is 6.04 Å². The van der Waals surface area contributed by atoms with E-state index in [1.807, 2.05) is 26.0 Å². The summed E-state index contributed by atoms with van der Waals surface area (Å²) in [5.74, 6) is 2.07. The van der Waals surface area contributed by atoms with Crippen LogP contribution in [0.3, 0.4) is 0 Å². The highest BCUT2D eigenvalue weighted by atomic mass is 16.5. The summed E-state index contributed by atoms with van der Waals surface area (Å²) in [6.07, 6.45) is 4.06. The van der Waals surface area contributed by atoms with E-state index in [2.05, 4.69) is 25.6 Å². The Balaban J connectivity index is 1.39. The Hall–Kier alpha value is -3.51. The number of rotatable bonds is 10. The quantitative estimate of drug-likeness (QED) is 0.423. The number of carbonyl (C=O) groups is 2. The summed E-state index contributed by atoms with van der Waals surface area (Å²) >= 11 is 0. The maximum absolute atomic E-state index is 13.8. The minimum atomic E-state index is -0.909. The van der Waals surface area contributed by atoms with Crippen LogP contribution in [0.5, 0.6) is 0 Å². The van der Waals surface area contributed by atoms with Gasteiger partial charge in [0, 0.05) is 32.2 Å². The number of nitrogens with zero attached hydrogens (tertiary/aromatic N) is 6. The number of aromatic nitrogens is 4. The third kappa shape index (κ3) is 6.30. The van der Waals surface area contributed by atoms with Gasteiger partial charge >= 0.3 is 0 Å². The van der Waals surface area contributed by atoms with Crippen molar-refractivity contribution in [3.63, 3.8) is 0 Å². The van der Waals surface area contributed by atoms with Crippen molar-refractivity contribution in [1.29, 1.82) is 0 Å². The number of furan rings is 2. The zero-order valence-electron chi connectivity index (χ0n) is 22.0. The maximum atomic E-state index is 13.8. The van der Waals surface area contributed by atoms with Gasteiger partial charge in [0.15, 0.2) is 11.8 Å². The Morgan fingerprint density at radius 3 is 2.50 bits per heavy atom. The predicted octanol–water partition coefficient (Wildman–Crippen LogP) is 2.10. The van der Waals surface area contributed by atoms with Crippen molar-refractivity contribution in [3.8, 4) is 11.6 Å². The molecule has 0 spiro atoms. The predicted molar refractivity (Wildman–Crippen MR) is 136 cm³/mol. The highest BCUT2D eigenvalue weighted by molar-refractivity contribution is 5.88. The number of carbonyl (C=O) groups excluding carboxylic acids is 2. The Morgan fingerprint density at radius 2 is 1.82 bits per heavy atom. The van der Waals surface area contributed by atoms with Gasteiger partial charge in [-0.3, -0.25) is 14.5 Å². The summed E-state index contributed by atoms with van der Waals surface area (Å²) in [4.78, 5) is 32.5. The third-order valence-corrected chi connectivity index (χ3v) is 7.06. The van der Waals surface area contributed by atoms with E-state index >= 15 is 0 Å². The van der Waals surface area contributed by atoms with Gasteiger partial charge in [-0.1, -0.05) is 12.8 Å². The van der Waals surface area contributed by atoms with Crippen LogP contribution in [-0.2, 0) is 20.9 Å². The number of amides is 2. The van der Waals surface area contributed by atoms with Crippen LogP contribution in [0.1, 0.15) is 49.0 Å². The van der Waals surface area contributed by atoms with Gasteiger partial charge in [-0.25, -0.2) is 0 Å².